The van der Waals surface area contributed by atoms with Crippen LogP contribution in [0.3, 0.4) is 0 Å². The second kappa shape index (κ2) is 9.31. The topological polar surface area (TPSA) is 50.8 Å². The summed E-state index contributed by atoms with van der Waals surface area (Å²) in [6, 6.07) is 12.0. The smallest absolute Gasteiger partial charge is 0.266 e. The van der Waals surface area contributed by atoms with Gasteiger partial charge in [-0.05, 0) is 48.6 Å². The minimum absolute atomic E-state index is 0.0448. The molecule has 30 heavy (non-hydrogen) atoms. The Morgan fingerprint density at radius 1 is 1.17 bits per heavy atom. The summed E-state index contributed by atoms with van der Waals surface area (Å²) in [6.07, 6.45) is 0. The highest BCUT2D eigenvalue weighted by molar-refractivity contribution is 7.17. The van der Waals surface area contributed by atoms with E-state index in [-0.39, 0.29) is 11.9 Å². The Kier molecular flexibility index (Phi) is 6.53. The van der Waals surface area contributed by atoms with Crippen LogP contribution < -0.4 is 10.1 Å². The van der Waals surface area contributed by atoms with E-state index >= 15 is 0 Å². The molecule has 4 rings (SSSR count). The number of benzene rings is 1. The lowest BCUT2D eigenvalue weighted by Crippen LogP contribution is -2.39. The summed E-state index contributed by atoms with van der Waals surface area (Å²) in [7, 11) is 1.68. The lowest BCUT2D eigenvalue weighted by molar-refractivity contribution is 0.0240. The number of aryl methyl sites for hydroxylation is 1. The van der Waals surface area contributed by atoms with Crippen LogP contribution in [-0.4, -0.2) is 44.2 Å². The van der Waals surface area contributed by atoms with Gasteiger partial charge in [0, 0.05) is 23.5 Å². The molecular weight excluding hydrogens is 416 g/mol. The minimum atomic E-state index is -0.0528. The SMILES string of the molecule is COc1ccc(C(c2c(NC(=O)c3cccs3)sc(C)c2C)N2CCOCC2)cc1. The molecule has 158 valence electrons. The molecular formula is C23H26N2O3S2. The first-order valence-electron chi connectivity index (χ1n) is 9.99. The van der Waals surface area contributed by atoms with E-state index in [2.05, 4.69) is 36.2 Å². The fraction of sp³-hybridized carbons (Fsp3) is 0.348. The average molecular weight is 443 g/mol. The fourth-order valence-corrected chi connectivity index (χ4v) is 5.53. The molecule has 1 aliphatic heterocycles. The molecule has 3 aromatic rings. The number of morpholine rings is 1. The van der Waals surface area contributed by atoms with E-state index in [1.165, 1.54) is 32.9 Å². The van der Waals surface area contributed by atoms with Gasteiger partial charge in [-0.15, -0.1) is 22.7 Å². The summed E-state index contributed by atoms with van der Waals surface area (Å²) in [5.74, 6) is 0.784. The summed E-state index contributed by atoms with van der Waals surface area (Å²) in [5.41, 5.74) is 3.59. The molecule has 0 spiro atoms. The Hall–Kier alpha value is -2.19. The van der Waals surface area contributed by atoms with Crippen LogP contribution in [0.15, 0.2) is 41.8 Å². The molecule has 0 bridgehead atoms. The van der Waals surface area contributed by atoms with Crippen LogP contribution in [0.1, 0.15) is 37.3 Å². The Morgan fingerprint density at radius 3 is 2.53 bits per heavy atom. The molecule has 1 fully saturated rings. The lowest BCUT2D eigenvalue weighted by Gasteiger charge is -2.35. The van der Waals surface area contributed by atoms with Crippen molar-refractivity contribution in [3.05, 3.63) is 68.2 Å². The number of nitrogens with one attached hydrogen (secondary N) is 1. The van der Waals surface area contributed by atoms with Gasteiger partial charge >= 0.3 is 0 Å². The molecule has 1 N–H and O–H groups in total. The third-order valence-electron chi connectivity index (χ3n) is 5.52. The molecule has 3 heterocycles. The van der Waals surface area contributed by atoms with Crippen LogP contribution in [-0.2, 0) is 4.74 Å². The minimum Gasteiger partial charge on any atom is -0.497 e. The van der Waals surface area contributed by atoms with Gasteiger partial charge in [-0.1, -0.05) is 18.2 Å². The molecule has 0 radical (unpaired) electrons. The van der Waals surface area contributed by atoms with Crippen molar-refractivity contribution < 1.29 is 14.3 Å². The summed E-state index contributed by atoms with van der Waals surface area (Å²) < 4.78 is 11.0. The van der Waals surface area contributed by atoms with Gasteiger partial charge in [0.1, 0.15) is 10.8 Å². The summed E-state index contributed by atoms with van der Waals surface area (Å²) >= 11 is 3.11. The highest BCUT2D eigenvalue weighted by Gasteiger charge is 2.30. The first-order valence-corrected chi connectivity index (χ1v) is 11.7. The molecule has 0 aliphatic carbocycles. The third kappa shape index (κ3) is 4.30. The van der Waals surface area contributed by atoms with Crippen molar-refractivity contribution in [3.8, 4) is 5.75 Å². The highest BCUT2D eigenvalue weighted by atomic mass is 32.1. The molecule has 1 saturated heterocycles. The van der Waals surface area contributed by atoms with Crippen LogP contribution in [0.4, 0.5) is 5.00 Å². The van der Waals surface area contributed by atoms with Crippen molar-refractivity contribution in [2.75, 3.05) is 38.7 Å². The number of ether oxygens (including phenoxy) is 2. The summed E-state index contributed by atoms with van der Waals surface area (Å²) in [6.45, 7) is 7.40. The van der Waals surface area contributed by atoms with Crippen molar-refractivity contribution in [2.24, 2.45) is 0 Å². The number of carbonyl (C=O) groups is 1. The van der Waals surface area contributed by atoms with E-state index in [0.29, 0.717) is 13.2 Å². The van der Waals surface area contributed by atoms with E-state index in [0.717, 1.165) is 28.7 Å². The monoisotopic (exact) mass is 442 g/mol. The maximum atomic E-state index is 12.8. The summed E-state index contributed by atoms with van der Waals surface area (Å²) in [4.78, 5) is 17.2. The number of rotatable bonds is 6. The number of carbonyl (C=O) groups excluding carboxylic acids is 1. The predicted octanol–water partition coefficient (Wildman–Crippen LogP) is 5.11. The highest BCUT2D eigenvalue weighted by Crippen LogP contribution is 2.43. The van der Waals surface area contributed by atoms with Crippen molar-refractivity contribution in [3.63, 3.8) is 0 Å². The fourth-order valence-electron chi connectivity index (χ4n) is 3.82. The number of amides is 1. The maximum Gasteiger partial charge on any atom is 0.266 e. The van der Waals surface area contributed by atoms with E-state index in [9.17, 15) is 4.79 Å². The third-order valence-corrected chi connectivity index (χ3v) is 7.53. The Bertz CT molecular complexity index is 990. The standard InChI is InChI=1S/C23H26N2O3S2/c1-15-16(2)30-23(24-22(26)19-5-4-14-29-19)20(15)21(25-10-12-28-13-11-25)17-6-8-18(27-3)9-7-17/h4-9,14,21H,10-13H2,1-3H3,(H,24,26). The molecule has 7 heteroatoms. The van der Waals surface area contributed by atoms with Crippen molar-refractivity contribution in [2.45, 2.75) is 19.9 Å². The molecule has 2 aromatic heterocycles. The van der Waals surface area contributed by atoms with Gasteiger partial charge < -0.3 is 14.8 Å². The number of thiophene rings is 2. The van der Waals surface area contributed by atoms with Crippen molar-refractivity contribution in [1.82, 2.24) is 4.90 Å². The zero-order valence-electron chi connectivity index (χ0n) is 17.4. The predicted molar refractivity (Wildman–Crippen MR) is 123 cm³/mol. The Morgan fingerprint density at radius 2 is 1.90 bits per heavy atom. The molecule has 1 unspecified atom stereocenters. The maximum absolute atomic E-state index is 12.8. The number of hydrogen-bond acceptors (Lipinski definition) is 6. The zero-order chi connectivity index (χ0) is 21.1. The van der Waals surface area contributed by atoms with E-state index in [1.807, 2.05) is 29.6 Å². The Labute approximate surface area is 185 Å². The summed E-state index contributed by atoms with van der Waals surface area (Å²) in [5, 5.41) is 6.05. The van der Waals surface area contributed by atoms with Gasteiger partial charge in [-0.2, -0.15) is 0 Å². The van der Waals surface area contributed by atoms with Crippen LogP contribution in [0.25, 0.3) is 0 Å². The van der Waals surface area contributed by atoms with Gasteiger partial charge in [0.05, 0.1) is 31.2 Å². The van der Waals surface area contributed by atoms with Gasteiger partial charge in [-0.25, -0.2) is 0 Å². The van der Waals surface area contributed by atoms with Gasteiger partial charge in [0.15, 0.2) is 0 Å². The van der Waals surface area contributed by atoms with E-state index in [1.54, 1.807) is 18.4 Å². The molecule has 1 aromatic carbocycles. The van der Waals surface area contributed by atoms with Gasteiger partial charge in [0.25, 0.3) is 5.91 Å². The van der Waals surface area contributed by atoms with Crippen LogP contribution in [0.5, 0.6) is 5.75 Å². The Balaban J connectivity index is 1.76. The largest absolute Gasteiger partial charge is 0.497 e. The van der Waals surface area contributed by atoms with Gasteiger partial charge in [0.2, 0.25) is 0 Å². The van der Waals surface area contributed by atoms with E-state index < -0.39 is 0 Å². The number of nitrogens with zero attached hydrogens (tertiary/aromatic N) is 1. The van der Waals surface area contributed by atoms with Crippen molar-refractivity contribution in [1.29, 1.82) is 0 Å². The first-order chi connectivity index (χ1) is 14.6. The molecule has 5 nitrogen and oxygen atoms in total. The molecule has 1 aliphatic rings. The van der Waals surface area contributed by atoms with Crippen LogP contribution in [0.2, 0.25) is 0 Å². The first kappa shape index (κ1) is 21.1. The van der Waals surface area contributed by atoms with Crippen molar-refractivity contribution >= 4 is 33.6 Å². The molecule has 1 atom stereocenters. The quantitative estimate of drug-likeness (QED) is 0.576. The zero-order valence-corrected chi connectivity index (χ0v) is 19.1. The second-order valence-electron chi connectivity index (χ2n) is 7.28. The number of methoxy groups -OCH3 is 1. The van der Waals surface area contributed by atoms with Crippen LogP contribution in [0, 0.1) is 13.8 Å². The second-order valence-corrected chi connectivity index (χ2v) is 9.45. The molecule has 0 saturated carbocycles. The molecule has 1 amide bonds. The van der Waals surface area contributed by atoms with E-state index in [4.69, 9.17) is 9.47 Å². The lowest BCUT2D eigenvalue weighted by atomic mass is 9.94. The van der Waals surface area contributed by atoms with Crippen LogP contribution >= 0.6 is 22.7 Å². The number of anilines is 1. The number of hydrogen-bond donors (Lipinski definition) is 1. The normalized spacial score (nSPS) is 15.7. The van der Waals surface area contributed by atoms with Gasteiger partial charge in [-0.3, -0.25) is 9.69 Å². The average Bonchev–Trinajstić information content (AvgIpc) is 3.40.